The highest BCUT2D eigenvalue weighted by Gasteiger charge is 2.37. The molecule has 1 heterocycles. The molecule has 6 nitrogen and oxygen atoms in total. The highest BCUT2D eigenvalue weighted by Crippen LogP contribution is 2.36. The summed E-state index contributed by atoms with van der Waals surface area (Å²) < 4.78 is 5.51. The van der Waals surface area contributed by atoms with Gasteiger partial charge in [-0.05, 0) is 31.5 Å². The number of carbonyl (C=O) groups excluding carboxylic acids is 1. The molecule has 0 bridgehead atoms. The van der Waals surface area contributed by atoms with Crippen LogP contribution < -0.4 is 15.4 Å². The van der Waals surface area contributed by atoms with E-state index >= 15 is 0 Å². The van der Waals surface area contributed by atoms with Crippen LogP contribution in [0.4, 0.5) is 5.69 Å². The van der Waals surface area contributed by atoms with Gasteiger partial charge in [0, 0.05) is 6.54 Å². The van der Waals surface area contributed by atoms with Crippen LogP contribution in [0.1, 0.15) is 19.4 Å². The second-order valence-electron chi connectivity index (χ2n) is 4.49. The lowest BCUT2D eigenvalue weighted by molar-refractivity contribution is -0.140. The Labute approximate surface area is 110 Å². The number of aliphatic carboxylic acids is 1. The fourth-order valence-electron chi connectivity index (χ4n) is 2.04. The maximum Gasteiger partial charge on any atom is 0.326 e. The summed E-state index contributed by atoms with van der Waals surface area (Å²) in [6, 6.07) is 4.22. The number of anilines is 1. The molecule has 1 aromatic rings. The number of nitrogens with zero attached hydrogens (tertiary/aromatic N) is 1. The van der Waals surface area contributed by atoms with Crippen LogP contribution in [0.5, 0.6) is 5.75 Å². The molecule has 2 atom stereocenters. The van der Waals surface area contributed by atoms with Crippen molar-refractivity contribution >= 4 is 17.6 Å². The summed E-state index contributed by atoms with van der Waals surface area (Å²) in [6.45, 7) is 3.42. The molecule has 1 aliphatic rings. The molecular weight excluding hydrogens is 248 g/mol. The fourth-order valence-corrected chi connectivity index (χ4v) is 2.04. The molecule has 0 spiro atoms. The van der Waals surface area contributed by atoms with E-state index in [1.165, 1.54) is 11.8 Å². The summed E-state index contributed by atoms with van der Waals surface area (Å²) in [5.74, 6) is -0.928. The first kappa shape index (κ1) is 13.4. The number of rotatable bonds is 3. The summed E-state index contributed by atoms with van der Waals surface area (Å²) in [6.07, 6.45) is -0.706. The van der Waals surface area contributed by atoms with E-state index in [9.17, 15) is 9.59 Å². The second kappa shape index (κ2) is 4.89. The van der Waals surface area contributed by atoms with E-state index in [2.05, 4.69) is 0 Å². The molecular formula is C13H16N2O4. The predicted octanol–water partition coefficient (Wildman–Crippen LogP) is 0.732. The molecule has 0 aliphatic carbocycles. The van der Waals surface area contributed by atoms with Crippen molar-refractivity contribution < 1.29 is 19.4 Å². The Morgan fingerprint density at radius 2 is 2.26 bits per heavy atom. The number of carbonyl (C=O) groups is 2. The normalized spacial score (nSPS) is 19.6. The molecule has 0 fully saturated rings. The van der Waals surface area contributed by atoms with E-state index in [4.69, 9.17) is 15.6 Å². The van der Waals surface area contributed by atoms with Crippen LogP contribution >= 0.6 is 0 Å². The number of hydrogen-bond acceptors (Lipinski definition) is 4. The van der Waals surface area contributed by atoms with E-state index in [1.54, 1.807) is 25.1 Å². The van der Waals surface area contributed by atoms with Gasteiger partial charge in [-0.25, -0.2) is 4.79 Å². The average Bonchev–Trinajstić information content (AvgIpc) is 2.39. The number of carboxylic acids is 1. The maximum atomic E-state index is 12.1. The minimum atomic E-state index is -1.06. The van der Waals surface area contributed by atoms with E-state index < -0.39 is 18.1 Å². The van der Waals surface area contributed by atoms with Crippen LogP contribution in [-0.4, -0.2) is 29.1 Å². The molecule has 0 radical (unpaired) electrons. The molecule has 102 valence electrons. The number of benzene rings is 1. The van der Waals surface area contributed by atoms with Gasteiger partial charge in [0.25, 0.3) is 5.91 Å². The fraction of sp³-hybridized carbons (Fsp3) is 0.385. The number of amides is 1. The zero-order valence-corrected chi connectivity index (χ0v) is 10.8. The number of carboxylic acid groups (broad SMARTS) is 1. The van der Waals surface area contributed by atoms with Crippen LogP contribution in [0, 0.1) is 0 Å². The minimum Gasteiger partial charge on any atom is -0.480 e. The molecule has 0 aromatic heterocycles. The Morgan fingerprint density at radius 1 is 1.58 bits per heavy atom. The molecule has 19 heavy (non-hydrogen) atoms. The Morgan fingerprint density at radius 3 is 2.84 bits per heavy atom. The highest BCUT2D eigenvalue weighted by atomic mass is 16.5. The molecule has 2 rings (SSSR count). The molecule has 3 N–H and O–H groups in total. The number of ether oxygens (including phenoxy) is 1. The SMILES string of the molecule is CC1Oc2cc(CN)ccc2N(C(C)C(=O)O)C1=O. The third-order valence-corrected chi connectivity index (χ3v) is 3.15. The van der Waals surface area contributed by atoms with Crippen LogP contribution in [-0.2, 0) is 16.1 Å². The Bertz CT molecular complexity index is 529. The molecule has 1 aliphatic heterocycles. The molecule has 0 saturated carbocycles. The molecule has 1 amide bonds. The zero-order chi connectivity index (χ0) is 14.2. The van der Waals surface area contributed by atoms with Gasteiger partial charge in [-0.2, -0.15) is 0 Å². The summed E-state index contributed by atoms with van der Waals surface area (Å²) in [7, 11) is 0. The van der Waals surface area contributed by atoms with Crippen LogP contribution in [0.3, 0.4) is 0 Å². The Hall–Kier alpha value is -2.08. The van der Waals surface area contributed by atoms with Crippen molar-refractivity contribution in [3.05, 3.63) is 23.8 Å². The van der Waals surface area contributed by atoms with Crippen LogP contribution in [0.25, 0.3) is 0 Å². The Balaban J connectivity index is 2.50. The quantitative estimate of drug-likeness (QED) is 0.839. The van der Waals surface area contributed by atoms with Crippen LogP contribution in [0.2, 0.25) is 0 Å². The first-order chi connectivity index (χ1) is 8.95. The van der Waals surface area contributed by atoms with Crippen molar-refractivity contribution in [1.82, 2.24) is 0 Å². The van der Waals surface area contributed by atoms with Gasteiger partial charge in [-0.15, -0.1) is 0 Å². The van der Waals surface area contributed by atoms with Gasteiger partial charge >= 0.3 is 5.97 Å². The topological polar surface area (TPSA) is 92.9 Å². The van der Waals surface area contributed by atoms with Crippen LogP contribution in [0.15, 0.2) is 18.2 Å². The summed E-state index contributed by atoms with van der Waals surface area (Å²) in [5.41, 5.74) is 6.89. The van der Waals surface area contributed by atoms with Crippen molar-refractivity contribution in [3.63, 3.8) is 0 Å². The lowest BCUT2D eigenvalue weighted by Gasteiger charge is -2.35. The predicted molar refractivity (Wildman–Crippen MR) is 69.0 cm³/mol. The highest BCUT2D eigenvalue weighted by molar-refractivity contribution is 6.04. The van der Waals surface area contributed by atoms with E-state index in [0.29, 0.717) is 18.0 Å². The lowest BCUT2D eigenvalue weighted by Crippen LogP contribution is -2.51. The van der Waals surface area contributed by atoms with Crippen molar-refractivity contribution in [1.29, 1.82) is 0 Å². The molecule has 0 saturated heterocycles. The van der Waals surface area contributed by atoms with Gasteiger partial charge in [-0.1, -0.05) is 6.07 Å². The summed E-state index contributed by atoms with van der Waals surface area (Å²) in [4.78, 5) is 24.5. The first-order valence-corrected chi connectivity index (χ1v) is 6.01. The van der Waals surface area contributed by atoms with Gasteiger partial charge < -0.3 is 15.6 Å². The third-order valence-electron chi connectivity index (χ3n) is 3.15. The third kappa shape index (κ3) is 2.26. The summed E-state index contributed by atoms with van der Waals surface area (Å²) in [5, 5.41) is 9.11. The number of hydrogen-bond donors (Lipinski definition) is 2. The van der Waals surface area contributed by atoms with E-state index in [1.807, 2.05) is 0 Å². The summed E-state index contributed by atoms with van der Waals surface area (Å²) >= 11 is 0. The van der Waals surface area contributed by atoms with E-state index in [-0.39, 0.29) is 5.91 Å². The lowest BCUT2D eigenvalue weighted by atomic mass is 10.1. The van der Waals surface area contributed by atoms with Gasteiger partial charge in [0.2, 0.25) is 0 Å². The standard InChI is InChI=1S/C13H16N2O4/c1-7(13(17)18)15-10-4-3-9(6-14)5-11(10)19-8(2)12(15)16/h3-5,7-8H,6,14H2,1-2H3,(H,17,18). The maximum absolute atomic E-state index is 12.1. The van der Waals surface area contributed by atoms with E-state index in [0.717, 1.165) is 5.56 Å². The van der Waals surface area contributed by atoms with Crippen molar-refractivity contribution in [2.45, 2.75) is 32.5 Å². The van der Waals surface area contributed by atoms with Gasteiger partial charge in [0.15, 0.2) is 6.10 Å². The zero-order valence-electron chi connectivity index (χ0n) is 10.8. The average molecular weight is 264 g/mol. The molecule has 1 aromatic carbocycles. The minimum absolute atomic E-state index is 0.355. The van der Waals surface area contributed by atoms with Gasteiger partial charge in [-0.3, -0.25) is 9.69 Å². The van der Waals surface area contributed by atoms with Crippen molar-refractivity contribution in [2.75, 3.05) is 4.90 Å². The molecule has 2 unspecified atom stereocenters. The Kier molecular flexibility index (Phi) is 3.44. The largest absolute Gasteiger partial charge is 0.480 e. The number of fused-ring (bicyclic) bond motifs is 1. The van der Waals surface area contributed by atoms with Crippen molar-refractivity contribution in [2.24, 2.45) is 5.73 Å². The van der Waals surface area contributed by atoms with Gasteiger partial charge in [0.05, 0.1) is 5.69 Å². The first-order valence-electron chi connectivity index (χ1n) is 6.01. The van der Waals surface area contributed by atoms with Gasteiger partial charge in [0.1, 0.15) is 11.8 Å². The monoisotopic (exact) mass is 264 g/mol. The van der Waals surface area contributed by atoms with Crippen molar-refractivity contribution in [3.8, 4) is 5.75 Å². The second-order valence-corrected chi connectivity index (χ2v) is 4.49. The number of nitrogens with two attached hydrogens (primary N) is 1. The smallest absolute Gasteiger partial charge is 0.326 e. The molecule has 6 heteroatoms.